The fourth-order valence-corrected chi connectivity index (χ4v) is 3.52. The van der Waals surface area contributed by atoms with Crippen LogP contribution in [0.15, 0.2) is 24.3 Å². The van der Waals surface area contributed by atoms with E-state index in [2.05, 4.69) is 22.4 Å². The molecule has 25 heavy (non-hydrogen) atoms. The number of hydrogen-bond donors (Lipinski definition) is 1. The summed E-state index contributed by atoms with van der Waals surface area (Å²) in [6.45, 7) is 6.55. The number of nitrogens with zero attached hydrogens (tertiary/aromatic N) is 3. The van der Waals surface area contributed by atoms with E-state index >= 15 is 0 Å². The van der Waals surface area contributed by atoms with Crippen LogP contribution in [0.4, 0.5) is 10.8 Å². The van der Waals surface area contributed by atoms with Gasteiger partial charge in [0.1, 0.15) is 5.01 Å². The van der Waals surface area contributed by atoms with Crippen LogP contribution >= 0.6 is 11.3 Å². The molecule has 0 saturated carbocycles. The molecule has 132 valence electrons. The van der Waals surface area contributed by atoms with Gasteiger partial charge in [0.2, 0.25) is 16.9 Å². The quantitative estimate of drug-likeness (QED) is 0.890. The van der Waals surface area contributed by atoms with Crippen LogP contribution in [-0.4, -0.2) is 28.6 Å². The highest BCUT2D eigenvalue weighted by molar-refractivity contribution is 7.15. The van der Waals surface area contributed by atoms with E-state index in [1.807, 2.05) is 38.1 Å². The molecule has 0 spiro atoms. The van der Waals surface area contributed by atoms with E-state index in [0.717, 1.165) is 17.1 Å². The smallest absolute Gasteiger partial charge is 0.231 e. The van der Waals surface area contributed by atoms with E-state index in [1.54, 1.807) is 4.90 Å². The summed E-state index contributed by atoms with van der Waals surface area (Å²) < 4.78 is 0. The summed E-state index contributed by atoms with van der Waals surface area (Å²) in [5, 5.41) is 12.2. The Labute approximate surface area is 151 Å². The lowest BCUT2D eigenvalue weighted by atomic mass is 10.1. The number of carbonyl (C=O) groups excluding carboxylic acids is 2. The molecule has 0 unspecified atom stereocenters. The van der Waals surface area contributed by atoms with Gasteiger partial charge in [0, 0.05) is 24.6 Å². The highest BCUT2D eigenvalue weighted by Gasteiger charge is 2.35. The van der Waals surface area contributed by atoms with Gasteiger partial charge in [-0.15, -0.1) is 10.2 Å². The standard InChI is InChI=1S/C18H22N4O2S/c1-4-12-5-7-14(8-6-12)22-10-13(9-15(22)23)16(24)19-18-21-20-17(25-18)11(2)3/h5-8,11,13H,4,9-10H2,1-3H3,(H,19,21,24)/t13-/m1/s1. The molecule has 0 aliphatic carbocycles. The molecule has 2 heterocycles. The Morgan fingerprint density at radius 2 is 2.04 bits per heavy atom. The number of aromatic nitrogens is 2. The van der Waals surface area contributed by atoms with Crippen LogP contribution in [0.2, 0.25) is 0 Å². The largest absolute Gasteiger partial charge is 0.312 e. The fourth-order valence-electron chi connectivity index (χ4n) is 2.77. The van der Waals surface area contributed by atoms with Crippen molar-refractivity contribution in [3.63, 3.8) is 0 Å². The van der Waals surface area contributed by atoms with Crippen LogP contribution < -0.4 is 10.2 Å². The molecule has 1 N–H and O–H groups in total. The number of anilines is 2. The minimum absolute atomic E-state index is 0.0236. The van der Waals surface area contributed by atoms with E-state index in [0.29, 0.717) is 11.7 Å². The van der Waals surface area contributed by atoms with Gasteiger partial charge in [0.15, 0.2) is 0 Å². The van der Waals surface area contributed by atoms with E-state index in [-0.39, 0.29) is 30.1 Å². The van der Waals surface area contributed by atoms with Crippen molar-refractivity contribution in [3.8, 4) is 0 Å². The summed E-state index contributed by atoms with van der Waals surface area (Å²) in [4.78, 5) is 26.5. The zero-order valence-electron chi connectivity index (χ0n) is 14.7. The molecule has 1 aromatic carbocycles. The number of nitrogens with one attached hydrogen (secondary N) is 1. The maximum atomic E-state index is 12.5. The van der Waals surface area contributed by atoms with Crippen molar-refractivity contribution in [2.45, 2.75) is 39.5 Å². The second-order valence-electron chi connectivity index (χ2n) is 6.51. The second-order valence-corrected chi connectivity index (χ2v) is 7.52. The average Bonchev–Trinajstić information content (AvgIpc) is 3.22. The third-order valence-electron chi connectivity index (χ3n) is 4.32. The van der Waals surface area contributed by atoms with Crippen molar-refractivity contribution in [1.29, 1.82) is 0 Å². The van der Waals surface area contributed by atoms with Crippen LogP contribution in [0.5, 0.6) is 0 Å². The maximum Gasteiger partial charge on any atom is 0.231 e. The first kappa shape index (κ1) is 17.5. The number of amides is 2. The van der Waals surface area contributed by atoms with E-state index in [9.17, 15) is 9.59 Å². The molecular weight excluding hydrogens is 336 g/mol. The monoisotopic (exact) mass is 358 g/mol. The Morgan fingerprint density at radius 3 is 2.64 bits per heavy atom. The first-order valence-electron chi connectivity index (χ1n) is 8.51. The van der Waals surface area contributed by atoms with Crippen molar-refractivity contribution in [3.05, 3.63) is 34.8 Å². The Hall–Kier alpha value is -2.28. The van der Waals surface area contributed by atoms with Crippen molar-refractivity contribution < 1.29 is 9.59 Å². The topological polar surface area (TPSA) is 75.2 Å². The van der Waals surface area contributed by atoms with Gasteiger partial charge >= 0.3 is 0 Å². The van der Waals surface area contributed by atoms with Gasteiger partial charge in [-0.3, -0.25) is 9.59 Å². The average molecular weight is 358 g/mol. The number of hydrogen-bond acceptors (Lipinski definition) is 5. The molecule has 3 rings (SSSR count). The summed E-state index contributed by atoms with van der Waals surface area (Å²) in [5.74, 6) is -0.292. The summed E-state index contributed by atoms with van der Waals surface area (Å²) in [7, 11) is 0. The van der Waals surface area contributed by atoms with Crippen molar-refractivity contribution in [1.82, 2.24) is 10.2 Å². The molecule has 7 heteroatoms. The highest BCUT2D eigenvalue weighted by Crippen LogP contribution is 2.28. The fraction of sp³-hybridized carbons (Fsp3) is 0.444. The zero-order chi connectivity index (χ0) is 18.0. The van der Waals surface area contributed by atoms with Gasteiger partial charge in [0.05, 0.1) is 5.92 Å². The molecule has 0 bridgehead atoms. The lowest BCUT2D eigenvalue weighted by Gasteiger charge is -2.17. The second kappa shape index (κ2) is 7.31. The third-order valence-corrected chi connectivity index (χ3v) is 5.46. The van der Waals surface area contributed by atoms with Crippen LogP contribution in [-0.2, 0) is 16.0 Å². The van der Waals surface area contributed by atoms with Gasteiger partial charge in [-0.1, -0.05) is 44.2 Å². The molecule has 6 nitrogen and oxygen atoms in total. The van der Waals surface area contributed by atoms with E-state index in [4.69, 9.17) is 0 Å². The maximum absolute atomic E-state index is 12.5. The van der Waals surface area contributed by atoms with Gasteiger partial charge in [-0.05, 0) is 24.1 Å². The summed E-state index contributed by atoms with van der Waals surface area (Å²) in [5.41, 5.74) is 2.07. The SMILES string of the molecule is CCc1ccc(N2C[C@H](C(=O)Nc3nnc(C(C)C)s3)CC2=O)cc1. The van der Waals surface area contributed by atoms with Gasteiger partial charge < -0.3 is 10.2 Å². The lowest BCUT2D eigenvalue weighted by molar-refractivity contribution is -0.122. The Balaban J connectivity index is 1.65. The first-order chi connectivity index (χ1) is 12.0. The van der Waals surface area contributed by atoms with Crippen LogP contribution in [0, 0.1) is 5.92 Å². The predicted octanol–water partition coefficient (Wildman–Crippen LogP) is 3.22. The number of aryl methyl sites for hydroxylation is 1. The molecule has 1 saturated heterocycles. The van der Waals surface area contributed by atoms with Crippen molar-refractivity contribution >= 4 is 34.0 Å². The number of benzene rings is 1. The van der Waals surface area contributed by atoms with E-state index in [1.165, 1.54) is 16.9 Å². The van der Waals surface area contributed by atoms with Gasteiger partial charge in [-0.2, -0.15) is 0 Å². The summed E-state index contributed by atoms with van der Waals surface area (Å²) in [6, 6.07) is 7.92. The molecule has 1 aromatic heterocycles. The van der Waals surface area contributed by atoms with Crippen LogP contribution in [0.1, 0.15) is 43.7 Å². The van der Waals surface area contributed by atoms with Crippen molar-refractivity contribution in [2.75, 3.05) is 16.8 Å². The highest BCUT2D eigenvalue weighted by atomic mass is 32.1. The Bertz CT molecular complexity index is 770. The Kier molecular flexibility index (Phi) is 5.13. The number of rotatable bonds is 5. The van der Waals surface area contributed by atoms with E-state index < -0.39 is 0 Å². The van der Waals surface area contributed by atoms with Gasteiger partial charge in [0.25, 0.3) is 0 Å². The Morgan fingerprint density at radius 1 is 1.32 bits per heavy atom. The minimum atomic E-state index is -0.371. The third kappa shape index (κ3) is 3.87. The van der Waals surface area contributed by atoms with Crippen molar-refractivity contribution in [2.24, 2.45) is 5.92 Å². The minimum Gasteiger partial charge on any atom is -0.312 e. The predicted molar refractivity (Wildman–Crippen MR) is 98.9 cm³/mol. The molecule has 1 aliphatic rings. The van der Waals surface area contributed by atoms with Gasteiger partial charge in [-0.25, -0.2) is 0 Å². The molecule has 0 radical (unpaired) electrons. The molecular formula is C18H22N4O2S. The zero-order valence-corrected chi connectivity index (χ0v) is 15.5. The normalized spacial score (nSPS) is 17.4. The summed E-state index contributed by atoms with van der Waals surface area (Å²) in [6.07, 6.45) is 1.18. The van der Waals surface area contributed by atoms with Crippen LogP contribution in [0.3, 0.4) is 0 Å². The number of carbonyl (C=O) groups is 2. The summed E-state index contributed by atoms with van der Waals surface area (Å²) >= 11 is 1.38. The molecule has 1 fully saturated rings. The molecule has 2 amide bonds. The molecule has 2 aromatic rings. The first-order valence-corrected chi connectivity index (χ1v) is 9.33. The molecule has 1 aliphatic heterocycles. The molecule has 1 atom stereocenters. The van der Waals surface area contributed by atoms with Crippen LogP contribution in [0.25, 0.3) is 0 Å². The lowest BCUT2D eigenvalue weighted by Crippen LogP contribution is -2.28.